The molecule has 0 spiro atoms. The molecule has 114 valence electrons. The van der Waals surface area contributed by atoms with Crippen LogP contribution in [0.25, 0.3) is 0 Å². The number of nitrogens with zero attached hydrogens (tertiary/aromatic N) is 3. The molecule has 0 aliphatic heterocycles. The largest absolute Gasteiger partial charge is 0.357 e. The summed E-state index contributed by atoms with van der Waals surface area (Å²) < 4.78 is 0. The zero-order valence-corrected chi connectivity index (χ0v) is 15.3. The van der Waals surface area contributed by atoms with Crippen molar-refractivity contribution in [2.45, 2.75) is 26.9 Å². The number of halogens is 1. The van der Waals surface area contributed by atoms with Crippen molar-refractivity contribution in [2.75, 3.05) is 6.54 Å². The van der Waals surface area contributed by atoms with Gasteiger partial charge in [0.1, 0.15) is 5.01 Å². The zero-order chi connectivity index (χ0) is 14.2. The van der Waals surface area contributed by atoms with E-state index in [0.29, 0.717) is 13.1 Å². The van der Waals surface area contributed by atoms with Crippen LogP contribution in [0.5, 0.6) is 0 Å². The van der Waals surface area contributed by atoms with Crippen LogP contribution in [-0.2, 0) is 13.1 Å². The number of rotatable bonds is 5. The quantitative estimate of drug-likeness (QED) is 0.446. The van der Waals surface area contributed by atoms with Crippen LogP contribution in [0.15, 0.2) is 35.6 Å². The summed E-state index contributed by atoms with van der Waals surface area (Å²) in [5, 5.41) is 7.56. The van der Waals surface area contributed by atoms with E-state index in [4.69, 9.17) is 0 Å². The number of aliphatic imine (C=N–C) groups is 1. The van der Waals surface area contributed by atoms with Gasteiger partial charge < -0.3 is 10.6 Å². The third-order valence-electron chi connectivity index (χ3n) is 2.55. The van der Waals surface area contributed by atoms with Crippen LogP contribution in [0.4, 0.5) is 0 Å². The molecule has 0 bridgehead atoms. The summed E-state index contributed by atoms with van der Waals surface area (Å²) in [5.74, 6) is 0.783. The van der Waals surface area contributed by atoms with Crippen molar-refractivity contribution in [2.24, 2.45) is 4.99 Å². The molecule has 0 saturated carbocycles. The minimum atomic E-state index is 0. The summed E-state index contributed by atoms with van der Waals surface area (Å²) in [6.45, 7) is 6.18. The van der Waals surface area contributed by atoms with Gasteiger partial charge in [-0.25, -0.2) is 9.98 Å². The highest BCUT2D eigenvalue weighted by atomic mass is 127. The van der Waals surface area contributed by atoms with Crippen LogP contribution in [0.3, 0.4) is 0 Å². The molecule has 0 unspecified atom stereocenters. The Morgan fingerprint density at radius 3 is 2.76 bits per heavy atom. The van der Waals surface area contributed by atoms with Crippen molar-refractivity contribution >= 4 is 41.3 Å². The first-order chi connectivity index (χ1) is 9.78. The number of nitrogens with one attached hydrogen (secondary N) is 2. The summed E-state index contributed by atoms with van der Waals surface area (Å²) in [4.78, 5) is 14.3. The van der Waals surface area contributed by atoms with Crippen molar-refractivity contribution in [1.29, 1.82) is 0 Å². The Labute approximate surface area is 146 Å². The number of pyridine rings is 1. The molecule has 2 heterocycles. The molecule has 0 aromatic carbocycles. The topological polar surface area (TPSA) is 62.2 Å². The van der Waals surface area contributed by atoms with Crippen molar-refractivity contribution in [1.82, 2.24) is 20.6 Å². The monoisotopic (exact) mass is 417 g/mol. The first-order valence-electron chi connectivity index (χ1n) is 6.61. The lowest BCUT2D eigenvalue weighted by molar-refractivity contribution is 0.808. The van der Waals surface area contributed by atoms with Crippen LogP contribution in [0.1, 0.15) is 22.5 Å². The smallest absolute Gasteiger partial charge is 0.191 e. The molecule has 0 amide bonds. The lowest BCUT2D eigenvalue weighted by atomic mass is 10.3. The fourth-order valence-corrected chi connectivity index (χ4v) is 2.36. The van der Waals surface area contributed by atoms with Gasteiger partial charge in [0.25, 0.3) is 0 Å². The second kappa shape index (κ2) is 9.67. The average Bonchev–Trinajstić information content (AvgIpc) is 2.89. The van der Waals surface area contributed by atoms with Gasteiger partial charge in [0.15, 0.2) is 5.96 Å². The Hall–Kier alpha value is -1.22. The van der Waals surface area contributed by atoms with Crippen LogP contribution in [0, 0.1) is 6.92 Å². The van der Waals surface area contributed by atoms with Gasteiger partial charge in [-0.05, 0) is 26.0 Å². The maximum atomic E-state index is 4.51. The van der Waals surface area contributed by atoms with Crippen molar-refractivity contribution in [3.8, 4) is 0 Å². The molecule has 21 heavy (non-hydrogen) atoms. The number of aryl methyl sites for hydroxylation is 1. The molecule has 0 saturated heterocycles. The molecule has 0 aliphatic rings. The molecule has 2 rings (SSSR count). The molecule has 7 heteroatoms. The number of hydrogen-bond donors (Lipinski definition) is 2. The summed E-state index contributed by atoms with van der Waals surface area (Å²) in [5.41, 5.74) is 0.954. The van der Waals surface area contributed by atoms with Gasteiger partial charge in [-0.1, -0.05) is 6.07 Å². The van der Waals surface area contributed by atoms with E-state index >= 15 is 0 Å². The zero-order valence-electron chi connectivity index (χ0n) is 12.2. The van der Waals surface area contributed by atoms with Gasteiger partial charge in [0, 0.05) is 23.8 Å². The second-order valence-corrected chi connectivity index (χ2v) is 5.55. The highest BCUT2D eigenvalue weighted by Crippen LogP contribution is 2.10. The minimum absolute atomic E-state index is 0. The van der Waals surface area contributed by atoms with E-state index in [2.05, 4.69) is 32.5 Å². The van der Waals surface area contributed by atoms with Crippen LogP contribution in [-0.4, -0.2) is 22.5 Å². The van der Waals surface area contributed by atoms with Crippen molar-refractivity contribution < 1.29 is 0 Å². The number of hydrogen-bond acceptors (Lipinski definition) is 4. The Bertz CT molecular complexity index is 556. The first kappa shape index (κ1) is 17.8. The molecular formula is C14H20IN5S. The molecule has 0 radical (unpaired) electrons. The summed E-state index contributed by atoms with van der Waals surface area (Å²) >= 11 is 1.69. The van der Waals surface area contributed by atoms with Gasteiger partial charge in [-0.3, -0.25) is 4.98 Å². The molecule has 5 nitrogen and oxygen atoms in total. The number of aromatic nitrogens is 2. The minimum Gasteiger partial charge on any atom is -0.357 e. The second-order valence-electron chi connectivity index (χ2n) is 4.23. The standard InChI is InChI=1S/C14H19N5S.HI/c1-3-15-14(18-9-12-6-4-5-7-16-12)19-10-13-17-8-11(2)20-13;/h4-8H,3,9-10H2,1-2H3,(H2,15,18,19);1H. The van der Waals surface area contributed by atoms with Crippen molar-refractivity contribution in [3.63, 3.8) is 0 Å². The average molecular weight is 417 g/mol. The molecule has 0 atom stereocenters. The number of thiazole rings is 1. The van der Waals surface area contributed by atoms with Gasteiger partial charge in [0.2, 0.25) is 0 Å². The van der Waals surface area contributed by atoms with Gasteiger partial charge in [-0.2, -0.15) is 0 Å². The highest BCUT2D eigenvalue weighted by Gasteiger charge is 2.01. The maximum absolute atomic E-state index is 4.51. The molecule has 0 fully saturated rings. The molecule has 2 aromatic rings. The van der Waals surface area contributed by atoms with Crippen LogP contribution in [0.2, 0.25) is 0 Å². The third kappa shape index (κ3) is 6.38. The molecule has 2 aromatic heterocycles. The fourth-order valence-electron chi connectivity index (χ4n) is 1.64. The van der Waals surface area contributed by atoms with E-state index in [1.165, 1.54) is 4.88 Å². The molecular weight excluding hydrogens is 397 g/mol. The van der Waals surface area contributed by atoms with E-state index in [9.17, 15) is 0 Å². The van der Waals surface area contributed by atoms with Gasteiger partial charge >= 0.3 is 0 Å². The fraction of sp³-hybridized carbons (Fsp3) is 0.357. The maximum Gasteiger partial charge on any atom is 0.191 e. The molecule has 0 aliphatic carbocycles. The summed E-state index contributed by atoms with van der Waals surface area (Å²) in [6, 6.07) is 5.84. The van der Waals surface area contributed by atoms with E-state index in [1.54, 1.807) is 17.5 Å². The van der Waals surface area contributed by atoms with E-state index in [0.717, 1.165) is 23.2 Å². The van der Waals surface area contributed by atoms with Crippen LogP contribution >= 0.6 is 35.3 Å². The van der Waals surface area contributed by atoms with Gasteiger partial charge in [-0.15, -0.1) is 35.3 Å². The Morgan fingerprint density at radius 1 is 1.29 bits per heavy atom. The Morgan fingerprint density at radius 2 is 2.14 bits per heavy atom. The normalized spacial score (nSPS) is 10.9. The van der Waals surface area contributed by atoms with Crippen molar-refractivity contribution in [3.05, 3.63) is 46.2 Å². The Balaban J connectivity index is 0.00000220. The lowest BCUT2D eigenvalue weighted by Gasteiger charge is -2.09. The van der Waals surface area contributed by atoms with E-state index < -0.39 is 0 Å². The highest BCUT2D eigenvalue weighted by molar-refractivity contribution is 14.0. The summed E-state index contributed by atoms with van der Waals surface area (Å²) in [6.07, 6.45) is 3.67. The SMILES string of the molecule is CCNC(=NCc1ccccn1)NCc1ncc(C)s1.I. The van der Waals surface area contributed by atoms with Gasteiger partial charge in [0.05, 0.1) is 18.8 Å². The number of guanidine groups is 1. The Kier molecular flexibility index (Phi) is 8.21. The predicted molar refractivity (Wildman–Crippen MR) is 98.2 cm³/mol. The third-order valence-corrected chi connectivity index (χ3v) is 3.46. The molecule has 2 N–H and O–H groups in total. The lowest BCUT2D eigenvalue weighted by Crippen LogP contribution is -2.36. The first-order valence-corrected chi connectivity index (χ1v) is 7.43. The van der Waals surface area contributed by atoms with E-state index in [-0.39, 0.29) is 24.0 Å². The summed E-state index contributed by atoms with van der Waals surface area (Å²) in [7, 11) is 0. The van der Waals surface area contributed by atoms with Crippen LogP contribution < -0.4 is 10.6 Å². The van der Waals surface area contributed by atoms with E-state index in [1.807, 2.05) is 31.3 Å². The predicted octanol–water partition coefficient (Wildman–Crippen LogP) is 2.72.